The maximum absolute atomic E-state index is 5.13. The predicted octanol–water partition coefficient (Wildman–Crippen LogP) is 17.5. The Morgan fingerprint density at radius 3 is 0.893 bits per heavy atom. The minimum Gasteiger partial charge on any atom is -0.256 e. The lowest BCUT2D eigenvalue weighted by molar-refractivity contribution is 0.766. The van der Waals surface area contributed by atoms with Crippen LogP contribution in [0.15, 0.2) is 273 Å². The molecule has 5 aliphatic carbocycles. The Hall–Kier alpha value is -9.43. The van der Waals surface area contributed by atoms with Crippen molar-refractivity contribution in [3.8, 4) is 78.0 Å². The molecule has 0 saturated carbocycles. The van der Waals surface area contributed by atoms with Crippen LogP contribution in [0.2, 0.25) is 0 Å². The summed E-state index contributed by atoms with van der Waals surface area (Å²) in [4.78, 5) is 5.13. The van der Waals surface area contributed by atoms with Gasteiger partial charge in [0, 0.05) is 11.8 Å². The van der Waals surface area contributed by atoms with Crippen LogP contribution >= 0.6 is 0 Å². The van der Waals surface area contributed by atoms with Crippen molar-refractivity contribution >= 4 is 0 Å². The van der Waals surface area contributed by atoms with E-state index in [1.165, 1.54) is 139 Å². The van der Waals surface area contributed by atoms with Gasteiger partial charge in [-0.25, -0.2) is 0 Å². The summed E-state index contributed by atoms with van der Waals surface area (Å²) >= 11 is 0. The Bertz CT molecular complexity index is 4040. The summed E-state index contributed by atoms with van der Waals surface area (Å²) in [6.07, 6.45) is 1.95. The number of pyridine rings is 1. The normalized spacial score (nSPS) is 15.0. The summed E-state index contributed by atoms with van der Waals surface area (Å²) in [6, 6.07) is 101. The smallest absolute Gasteiger partial charge is 0.0753 e. The second kappa shape index (κ2) is 14.8. The summed E-state index contributed by atoms with van der Waals surface area (Å²) in [5.41, 5.74) is 32.0. The van der Waals surface area contributed by atoms with Gasteiger partial charge in [-0.15, -0.1) is 0 Å². The van der Waals surface area contributed by atoms with E-state index in [-0.39, 0.29) is 0 Å². The largest absolute Gasteiger partial charge is 0.256 e. The van der Waals surface area contributed by atoms with Crippen molar-refractivity contribution in [3.63, 3.8) is 0 Å². The number of fused-ring (bicyclic) bond motifs is 23. The van der Waals surface area contributed by atoms with Gasteiger partial charge < -0.3 is 0 Å². The molecule has 12 aromatic rings. The maximum Gasteiger partial charge on any atom is 0.0753 e. The van der Waals surface area contributed by atoms with Crippen molar-refractivity contribution < 1.29 is 0 Å². The Morgan fingerprint density at radius 1 is 0.200 bits per heavy atom. The average Bonchev–Trinajstić information content (AvgIpc) is 4.41. The highest BCUT2D eigenvalue weighted by Gasteiger charge is 2.54. The van der Waals surface area contributed by atoms with E-state index < -0.39 is 16.2 Å². The Labute approximate surface area is 436 Å². The van der Waals surface area contributed by atoms with Gasteiger partial charge in [0.2, 0.25) is 0 Å². The molecule has 0 radical (unpaired) electrons. The van der Waals surface area contributed by atoms with Gasteiger partial charge in [0.05, 0.1) is 21.9 Å². The van der Waals surface area contributed by atoms with Gasteiger partial charge in [-0.2, -0.15) is 0 Å². The van der Waals surface area contributed by atoms with Crippen LogP contribution in [0.5, 0.6) is 0 Å². The van der Waals surface area contributed by atoms with Crippen LogP contribution in [0.1, 0.15) is 66.8 Å². The van der Waals surface area contributed by atoms with E-state index in [9.17, 15) is 0 Å². The van der Waals surface area contributed by atoms with E-state index in [1.807, 2.05) is 6.20 Å². The zero-order valence-corrected chi connectivity index (χ0v) is 40.9. The molecule has 1 aromatic heterocycles. The van der Waals surface area contributed by atoms with Crippen molar-refractivity contribution in [1.29, 1.82) is 0 Å². The number of hydrogen-bond acceptors (Lipinski definition) is 1. The molecule has 0 aliphatic heterocycles. The Morgan fingerprint density at radius 2 is 0.493 bits per heavy atom. The monoisotopic (exact) mass is 947 g/mol. The molecule has 1 heterocycles. The van der Waals surface area contributed by atoms with Crippen molar-refractivity contribution in [3.05, 3.63) is 340 Å². The van der Waals surface area contributed by atoms with Gasteiger partial charge in [0.25, 0.3) is 0 Å². The first-order valence-corrected chi connectivity index (χ1v) is 26.4. The fraction of sp³-hybridized carbons (Fsp3) is 0.0405. The van der Waals surface area contributed by atoms with E-state index in [0.29, 0.717) is 0 Å². The minimum absolute atomic E-state index is 0.395. The molecule has 0 atom stereocenters. The third-order valence-electron chi connectivity index (χ3n) is 18.1. The van der Waals surface area contributed by atoms with Gasteiger partial charge in [0.1, 0.15) is 0 Å². The van der Waals surface area contributed by atoms with Crippen molar-refractivity contribution in [2.24, 2.45) is 0 Å². The molecule has 0 N–H and O–H groups in total. The number of aromatic nitrogens is 1. The molecule has 0 fully saturated rings. The topological polar surface area (TPSA) is 12.9 Å². The van der Waals surface area contributed by atoms with Crippen molar-refractivity contribution in [2.75, 3.05) is 0 Å². The van der Waals surface area contributed by atoms with Crippen LogP contribution in [0, 0.1) is 0 Å². The van der Waals surface area contributed by atoms with Gasteiger partial charge >= 0.3 is 0 Å². The number of benzene rings is 11. The zero-order chi connectivity index (χ0) is 49.0. The molecule has 75 heavy (non-hydrogen) atoms. The summed E-state index contributed by atoms with van der Waals surface area (Å²) in [6.45, 7) is 0. The molecule has 0 unspecified atom stereocenters. The lowest BCUT2D eigenvalue weighted by Crippen LogP contribution is -2.28. The fourth-order valence-electron chi connectivity index (χ4n) is 15.4. The third-order valence-corrected chi connectivity index (χ3v) is 18.1. The molecule has 1 nitrogen and oxygen atoms in total. The van der Waals surface area contributed by atoms with Crippen LogP contribution in [0.4, 0.5) is 0 Å². The number of hydrogen-bond donors (Lipinski definition) is 0. The predicted molar refractivity (Wildman–Crippen MR) is 305 cm³/mol. The lowest BCUT2D eigenvalue weighted by Gasteiger charge is -2.34. The average molecular weight is 948 g/mol. The van der Waals surface area contributed by atoms with E-state index in [2.05, 4.69) is 267 Å². The highest BCUT2D eigenvalue weighted by atomic mass is 14.7. The van der Waals surface area contributed by atoms with E-state index in [4.69, 9.17) is 4.98 Å². The van der Waals surface area contributed by atoms with Crippen molar-refractivity contribution in [2.45, 2.75) is 16.2 Å². The van der Waals surface area contributed by atoms with Crippen LogP contribution in [0.25, 0.3) is 78.0 Å². The molecular weight excluding hydrogens is 903 g/mol. The maximum atomic E-state index is 5.13. The molecule has 0 bridgehead atoms. The third kappa shape index (κ3) is 4.92. The van der Waals surface area contributed by atoms with E-state index >= 15 is 0 Å². The van der Waals surface area contributed by atoms with Gasteiger partial charge in [-0.3, -0.25) is 4.98 Å². The second-order valence-corrected chi connectivity index (χ2v) is 21.1. The molecule has 5 aliphatic rings. The number of rotatable bonds is 4. The van der Waals surface area contributed by atoms with Gasteiger partial charge in [0.15, 0.2) is 0 Å². The zero-order valence-electron chi connectivity index (χ0n) is 40.9. The SMILES string of the molecule is c1ccc2c(c1)-c1ncccc1C2(c1ccc(-c2cccc3c2-c2ccccc2C32c3ccccc3-c3ccccc32)cc1)c1ccc(-c2cccc3c2-c2ccccc2C32c3ccccc3-c3ccccc32)cc1. The molecule has 11 aromatic carbocycles. The minimum atomic E-state index is -0.615. The second-order valence-electron chi connectivity index (χ2n) is 21.1. The molecule has 0 amide bonds. The summed E-state index contributed by atoms with van der Waals surface area (Å²) in [5, 5.41) is 0. The van der Waals surface area contributed by atoms with Gasteiger partial charge in [-0.05, 0) is 140 Å². The van der Waals surface area contributed by atoms with Gasteiger partial charge in [-0.1, -0.05) is 261 Å². The molecule has 0 saturated heterocycles. The van der Waals surface area contributed by atoms with E-state index in [0.717, 1.165) is 5.69 Å². The first-order valence-electron chi connectivity index (χ1n) is 26.4. The highest BCUT2D eigenvalue weighted by Crippen LogP contribution is 2.66. The fourth-order valence-corrected chi connectivity index (χ4v) is 15.4. The first-order chi connectivity index (χ1) is 37.2. The standard InChI is InChI=1S/C74H45N/c1-8-27-59-52(18-1)53-19-2-9-28-60(53)73(59)63-31-12-5-22-56(63)69-50(25-15-34-66(69)73)46-37-41-48(42-38-46)72(65-33-14-7-24-58(65)71-68(72)36-17-45-75-71)49-43-39-47(40-44-49)51-26-16-35-67-70(51)57-23-6-13-32-64(57)74(67)61-29-10-3-20-54(61)55-21-4-11-30-62(55)74/h1-45H. The summed E-state index contributed by atoms with van der Waals surface area (Å²) < 4.78 is 0. The molecular formula is C74H45N. The molecule has 2 spiro atoms. The quantitative estimate of drug-likeness (QED) is 0.171. The Balaban J connectivity index is 0.834. The van der Waals surface area contributed by atoms with Crippen LogP contribution in [-0.2, 0) is 16.2 Å². The van der Waals surface area contributed by atoms with Crippen molar-refractivity contribution in [1.82, 2.24) is 4.98 Å². The van der Waals surface area contributed by atoms with Crippen LogP contribution in [0.3, 0.4) is 0 Å². The number of nitrogens with zero attached hydrogens (tertiary/aromatic N) is 1. The molecule has 346 valence electrons. The van der Waals surface area contributed by atoms with Crippen LogP contribution in [-0.4, -0.2) is 4.98 Å². The summed E-state index contributed by atoms with van der Waals surface area (Å²) in [7, 11) is 0. The lowest BCUT2D eigenvalue weighted by atomic mass is 9.67. The highest BCUT2D eigenvalue weighted by molar-refractivity contribution is 6.02. The molecule has 17 rings (SSSR count). The Kier molecular flexibility index (Phi) is 8.13. The summed E-state index contributed by atoms with van der Waals surface area (Å²) in [5.74, 6) is 0. The van der Waals surface area contributed by atoms with Crippen LogP contribution < -0.4 is 0 Å². The van der Waals surface area contributed by atoms with E-state index in [1.54, 1.807) is 0 Å². The first kappa shape index (κ1) is 41.1. The molecule has 1 heteroatoms.